The molecule has 1 N–H and O–H groups in total. The summed E-state index contributed by atoms with van der Waals surface area (Å²) in [5, 5.41) is 10.6. The molecule has 0 spiro atoms. The second-order valence-corrected chi connectivity index (χ2v) is 6.58. The van der Waals surface area contributed by atoms with Crippen molar-refractivity contribution in [3.8, 4) is 0 Å². The van der Waals surface area contributed by atoms with Crippen molar-refractivity contribution in [2.45, 2.75) is 30.8 Å². The molecular formula is C16H22N2O2. The first kappa shape index (κ1) is 12.8. The van der Waals surface area contributed by atoms with Crippen LogP contribution >= 0.6 is 0 Å². The van der Waals surface area contributed by atoms with Crippen molar-refractivity contribution in [3.63, 3.8) is 0 Å². The fraction of sp³-hybridized carbons (Fsp3) is 0.625. The van der Waals surface area contributed by atoms with Crippen LogP contribution in [0.1, 0.15) is 18.5 Å². The number of aliphatic hydroxyl groups is 1. The number of likely N-dealkylation sites (tertiary alicyclic amines) is 2. The summed E-state index contributed by atoms with van der Waals surface area (Å²) in [6.07, 6.45) is 0. The van der Waals surface area contributed by atoms with E-state index in [1.165, 1.54) is 0 Å². The molecule has 4 nitrogen and oxygen atoms in total. The number of ether oxygens (including phenoxy) is 1. The maximum absolute atomic E-state index is 10.6. The van der Waals surface area contributed by atoms with Gasteiger partial charge in [0.15, 0.2) is 0 Å². The van der Waals surface area contributed by atoms with Crippen LogP contribution in [-0.2, 0) is 4.74 Å². The summed E-state index contributed by atoms with van der Waals surface area (Å²) < 4.78 is 5.39. The molecule has 0 aliphatic carbocycles. The van der Waals surface area contributed by atoms with Gasteiger partial charge in [0.1, 0.15) is 6.61 Å². The Morgan fingerprint density at radius 3 is 2.45 bits per heavy atom. The highest BCUT2D eigenvalue weighted by atomic mass is 16.7. The van der Waals surface area contributed by atoms with Crippen molar-refractivity contribution < 1.29 is 9.84 Å². The normalized spacial score (nSPS) is 42.0. The molecule has 0 amide bonds. The quantitative estimate of drug-likeness (QED) is 0.837. The molecule has 108 valence electrons. The lowest BCUT2D eigenvalue weighted by Crippen LogP contribution is -2.49. The van der Waals surface area contributed by atoms with Gasteiger partial charge in [-0.1, -0.05) is 37.3 Å². The summed E-state index contributed by atoms with van der Waals surface area (Å²) in [6, 6.07) is 11.4. The molecule has 1 aromatic rings. The Morgan fingerprint density at radius 1 is 1.25 bits per heavy atom. The first-order valence-corrected chi connectivity index (χ1v) is 7.47. The lowest BCUT2D eigenvalue weighted by molar-refractivity contribution is -0.0615. The summed E-state index contributed by atoms with van der Waals surface area (Å²) in [7, 11) is 2.21. The minimum atomic E-state index is -0.982. The number of fused-ring (bicyclic) bond motifs is 2. The van der Waals surface area contributed by atoms with Gasteiger partial charge in [0.25, 0.3) is 0 Å². The van der Waals surface area contributed by atoms with Crippen molar-refractivity contribution in [2.75, 3.05) is 26.7 Å². The van der Waals surface area contributed by atoms with Gasteiger partial charge in [-0.25, -0.2) is 0 Å². The van der Waals surface area contributed by atoms with E-state index in [4.69, 9.17) is 4.74 Å². The van der Waals surface area contributed by atoms with Gasteiger partial charge >= 0.3 is 0 Å². The molecule has 0 aromatic heterocycles. The van der Waals surface area contributed by atoms with Crippen molar-refractivity contribution in [2.24, 2.45) is 5.92 Å². The van der Waals surface area contributed by atoms with E-state index in [2.05, 4.69) is 35.9 Å². The monoisotopic (exact) mass is 274 g/mol. The number of benzene rings is 1. The van der Waals surface area contributed by atoms with Gasteiger partial charge in [0, 0.05) is 25.2 Å². The third-order valence-corrected chi connectivity index (χ3v) is 5.39. The van der Waals surface area contributed by atoms with Gasteiger partial charge in [0.2, 0.25) is 5.79 Å². The number of rotatable bonds is 3. The van der Waals surface area contributed by atoms with E-state index in [0.29, 0.717) is 24.6 Å². The molecule has 3 aliphatic heterocycles. The molecule has 2 bridgehead atoms. The highest BCUT2D eigenvalue weighted by Crippen LogP contribution is 2.48. The van der Waals surface area contributed by atoms with Gasteiger partial charge in [-0.15, -0.1) is 0 Å². The SMILES string of the molecule is CC1C2CN(C(c3ccccc3)C3(O)CO3)C1CN2C. The molecule has 1 aromatic carbocycles. The van der Waals surface area contributed by atoms with E-state index >= 15 is 0 Å². The average Bonchev–Trinajstić information content (AvgIpc) is 3.03. The fourth-order valence-corrected chi connectivity index (χ4v) is 4.19. The maximum atomic E-state index is 10.6. The summed E-state index contributed by atoms with van der Waals surface area (Å²) >= 11 is 0. The van der Waals surface area contributed by atoms with E-state index in [9.17, 15) is 5.11 Å². The lowest BCUT2D eigenvalue weighted by atomic mass is 9.98. The topological polar surface area (TPSA) is 39.2 Å². The first-order chi connectivity index (χ1) is 9.60. The molecule has 20 heavy (non-hydrogen) atoms. The Labute approximate surface area is 119 Å². The molecule has 0 radical (unpaired) electrons. The Balaban J connectivity index is 1.68. The van der Waals surface area contributed by atoms with E-state index in [1.54, 1.807) is 0 Å². The third-order valence-electron chi connectivity index (χ3n) is 5.39. The number of likely N-dealkylation sites (N-methyl/N-ethyl adjacent to an activating group) is 1. The number of nitrogens with zero attached hydrogens (tertiary/aromatic N) is 2. The van der Waals surface area contributed by atoms with Crippen LogP contribution in [0.5, 0.6) is 0 Å². The third kappa shape index (κ3) is 1.76. The Bertz CT molecular complexity index is 502. The molecule has 5 unspecified atom stereocenters. The smallest absolute Gasteiger partial charge is 0.210 e. The standard InChI is InChI=1S/C16H22N2O2/c1-11-13-9-18(14(11)8-17(13)2)15(16(19)10-20-16)12-6-4-3-5-7-12/h3-7,11,13-15,19H,8-10H2,1-2H3. The van der Waals surface area contributed by atoms with Crippen molar-refractivity contribution in [1.29, 1.82) is 0 Å². The van der Waals surface area contributed by atoms with Gasteiger partial charge in [0.05, 0.1) is 6.04 Å². The van der Waals surface area contributed by atoms with Crippen LogP contribution in [-0.4, -0.2) is 59.5 Å². The summed E-state index contributed by atoms with van der Waals surface area (Å²) in [4.78, 5) is 4.92. The minimum absolute atomic E-state index is 0.0325. The van der Waals surface area contributed by atoms with Gasteiger partial charge in [-0.2, -0.15) is 0 Å². The lowest BCUT2D eigenvalue weighted by Gasteiger charge is -2.39. The first-order valence-electron chi connectivity index (χ1n) is 7.47. The molecular weight excluding hydrogens is 252 g/mol. The highest BCUT2D eigenvalue weighted by molar-refractivity contribution is 5.25. The van der Waals surface area contributed by atoms with Crippen LogP contribution in [0.2, 0.25) is 0 Å². The zero-order valence-corrected chi connectivity index (χ0v) is 12.1. The minimum Gasteiger partial charge on any atom is -0.362 e. The molecule has 0 saturated carbocycles. The maximum Gasteiger partial charge on any atom is 0.210 e. The van der Waals surface area contributed by atoms with Crippen LogP contribution in [0.4, 0.5) is 0 Å². The Hall–Kier alpha value is -0.940. The molecule has 3 heterocycles. The summed E-state index contributed by atoms with van der Waals surface area (Å²) in [5.41, 5.74) is 1.16. The van der Waals surface area contributed by atoms with Crippen molar-refractivity contribution in [3.05, 3.63) is 35.9 Å². The molecule has 3 aliphatic rings. The number of hydrogen-bond donors (Lipinski definition) is 1. The van der Waals surface area contributed by atoms with Crippen LogP contribution < -0.4 is 0 Å². The highest BCUT2D eigenvalue weighted by Gasteiger charge is 2.59. The van der Waals surface area contributed by atoms with E-state index in [1.807, 2.05) is 18.2 Å². The zero-order chi connectivity index (χ0) is 13.9. The molecule has 5 atom stereocenters. The molecule has 4 heteroatoms. The van der Waals surface area contributed by atoms with Crippen LogP contribution in [0.25, 0.3) is 0 Å². The van der Waals surface area contributed by atoms with Crippen LogP contribution in [0, 0.1) is 5.92 Å². The molecule has 4 rings (SSSR count). The van der Waals surface area contributed by atoms with Crippen molar-refractivity contribution >= 4 is 0 Å². The summed E-state index contributed by atoms with van der Waals surface area (Å²) in [5.74, 6) is -0.321. The number of hydrogen-bond acceptors (Lipinski definition) is 4. The Morgan fingerprint density at radius 2 is 1.95 bits per heavy atom. The molecule has 3 saturated heterocycles. The molecule has 3 fully saturated rings. The van der Waals surface area contributed by atoms with E-state index in [0.717, 1.165) is 18.7 Å². The van der Waals surface area contributed by atoms with Gasteiger partial charge < -0.3 is 14.7 Å². The van der Waals surface area contributed by atoms with Crippen molar-refractivity contribution in [1.82, 2.24) is 9.80 Å². The van der Waals surface area contributed by atoms with Crippen LogP contribution in [0.3, 0.4) is 0 Å². The predicted molar refractivity (Wildman–Crippen MR) is 76.2 cm³/mol. The predicted octanol–water partition coefficient (Wildman–Crippen LogP) is 1.08. The average molecular weight is 274 g/mol. The summed E-state index contributed by atoms with van der Waals surface area (Å²) in [6.45, 7) is 4.89. The fourth-order valence-electron chi connectivity index (χ4n) is 4.19. The number of piperazine rings is 1. The zero-order valence-electron chi connectivity index (χ0n) is 12.1. The Kier molecular flexibility index (Phi) is 2.73. The second kappa shape index (κ2) is 4.28. The largest absolute Gasteiger partial charge is 0.362 e. The number of epoxide rings is 1. The second-order valence-electron chi connectivity index (χ2n) is 6.58. The van der Waals surface area contributed by atoms with Crippen LogP contribution in [0.15, 0.2) is 30.3 Å². The van der Waals surface area contributed by atoms with Gasteiger partial charge in [-0.3, -0.25) is 4.90 Å². The van der Waals surface area contributed by atoms with E-state index < -0.39 is 5.79 Å². The van der Waals surface area contributed by atoms with E-state index in [-0.39, 0.29) is 6.04 Å². The van der Waals surface area contributed by atoms with Gasteiger partial charge in [-0.05, 0) is 18.5 Å².